The minimum absolute atomic E-state index is 0.0198. The molecule has 3 heteroatoms. The summed E-state index contributed by atoms with van der Waals surface area (Å²) in [5.41, 5.74) is 0.302. The standard InChI is InChI=1S/C13H25NO2/c1-10(2)16-12(15)9-14-11-7-5-6-8-13(11,3)4/h10-11,14H,5-9H2,1-4H3. The van der Waals surface area contributed by atoms with Crippen LogP contribution in [0.15, 0.2) is 0 Å². The normalized spacial score (nSPS) is 24.4. The number of ether oxygens (including phenoxy) is 1. The van der Waals surface area contributed by atoms with Gasteiger partial charge in [-0.15, -0.1) is 0 Å². The second kappa shape index (κ2) is 5.67. The Balaban J connectivity index is 2.33. The molecule has 16 heavy (non-hydrogen) atoms. The van der Waals surface area contributed by atoms with Crippen molar-refractivity contribution in [1.29, 1.82) is 0 Å². The summed E-state index contributed by atoms with van der Waals surface area (Å²) in [7, 11) is 0. The van der Waals surface area contributed by atoms with Crippen molar-refractivity contribution in [2.24, 2.45) is 5.41 Å². The Hall–Kier alpha value is -0.570. The fourth-order valence-electron chi connectivity index (χ4n) is 2.38. The molecule has 1 aliphatic carbocycles. The van der Waals surface area contributed by atoms with Gasteiger partial charge in [0.25, 0.3) is 0 Å². The maximum Gasteiger partial charge on any atom is 0.320 e. The average Bonchev–Trinajstić information content (AvgIpc) is 2.14. The zero-order valence-electron chi connectivity index (χ0n) is 11.0. The molecule has 1 unspecified atom stereocenters. The van der Waals surface area contributed by atoms with Gasteiger partial charge in [0.15, 0.2) is 0 Å². The second-order valence-electron chi connectivity index (χ2n) is 5.71. The molecule has 0 spiro atoms. The van der Waals surface area contributed by atoms with Crippen LogP contribution in [0, 0.1) is 5.41 Å². The molecule has 0 heterocycles. The third-order valence-corrected chi connectivity index (χ3v) is 3.37. The van der Waals surface area contributed by atoms with Crippen LogP contribution >= 0.6 is 0 Å². The first kappa shape index (κ1) is 13.5. The van der Waals surface area contributed by atoms with Crippen LogP contribution in [0.2, 0.25) is 0 Å². The third-order valence-electron chi connectivity index (χ3n) is 3.37. The molecule has 0 aromatic carbocycles. The number of rotatable bonds is 4. The Bertz CT molecular complexity index is 236. The first-order chi connectivity index (χ1) is 7.42. The van der Waals surface area contributed by atoms with Crippen molar-refractivity contribution in [3.05, 3.63) is 0 Å². The first-order valence-electron chi connectivity index (χ1n) is 6.34. The highest BCUT2D eigenvalue weighted by Gasteiger charge is 2.32. The molecule has 0 aromatic heterocycles. The Kier molecular flexibility index (Phi) is 4.78. The quantitative estimate of drug-likeness (QED) is 0.750. The van der Waals surface area contributed by atoms with Crippen LogP contribution in [-0.4, -0.2) is 24.7 Å². The van der Waals surface area contributed by atoms with Gasteiger partial charge < -0.3 is 10.1 Å². The lowest BCUT2D eigenvalue weighted by molar-refractivity contribution is -0.146. The number of carbonyl (C=O) groups excluding carboxylic acids is 1. The van der Waals surface area contributed by atoms with Crippen LogP contribution < -0.4 is 5.32 Å². The molecule has 1 N–H and O–H groups in total. The molecule has 0 amide bonds. The van der Waals surface area contributed by atoms with Crippen molar-refractivity contribution < 1.29 is 9.53 Å². The molecular weight excluding hydrogens is 202 g/mol. The van der Waals surface area contributed by atoms with E-state index in [9.17, 15) is 4.79 Å². The van der Waals surface area contributed by atoms with E-state index in [0.717, 1.165) is 0 Å². The predicted molar refractivity (Wildman–Crippen MR) is 65.3 cm³/mol. The molecule has 1 rings (SSSR count). The fraction of sp³-hybridized carbons (Fsp3) is 0.923. The summed E-state index contributed by atoms with van der Waals surface area (Å²) in [6.07, 6.45) is 4.96. The van der Waals surface area contributed by atoms with E-state index in [1.807, 2.05) is 13.8 Å². The summed E-state index contributed by atoms with van der Waals surface area (Å²) < 4.78 is 5.11. The van der Waals surface area contributed by atoms with Crippen molar-refractivity contribution in [2.75, 3.05) is 6.54 Å². The van der Waals surface area contributed by atoms with Gasteiger partial charge in [-0.05, 0) is 32.1 Å². The highest BCUT2D eigenvalue weighted by Crippen LogP contribution is 2.35. The van der Waals surface area contributed by atoms with Gasteiger partial charge in [-0.1, -0.05) is 26.7 Å². The number of carbonyl (C=O) groups is 1. The van der Waals surface area contributed by atoms with Gasteiger partial charge in [0.1, 0.15) is 0 Å². The van der Waals surface area contributed by atoms with Gasteiger partial charge >= 0.3 is 5.97 Å². The minimum Gasteiger partial charge on any atom is -0.462 e. The number of esters is 1. The van der Waals surface area contributed by atoms with Crippen LogP contribution in [0.5, 0.6) is 0 Å². The SMILES string of the molecule is CC(C)OC(=O)CNC1CCCCC1(C)C. The van der Waals surface area contributed by atoms with E-state index >= 15 is 0 Å². The maximum atomic E-state index is 11.4. The molecule has 1 atom stereocenters. The van der Waals surface area contributed by atoms with Crippen molar-refractivity contribution >= 4 is 5.97 Å². The van der Waals surface area contributed by atoms with Gasteiger partial charge in [-0.25, -0.2) is 0 Å². The van der Waals surface area contributed by atoms with E-state index in [2.05, 4.69) is 19.2 Å². The van der Waals surface area contributed by atoms with Gasteiger partial charge in [0.05, 0.1) is 12.6 Å². The minimum atomic E-state index is -0.142. The fourth-order valence-corrected chi connectivity index (χ4v) is 2.38. The van der Waals surface area contributed by atoms with E-state index in [1.54, 1.807) is 0 Å². The van der Waals surface area contributed by atoms with Crippen molar-refractivity contribution in [3.63, 3.8) is 0 Å². The third kappa shape index (κ3) is 4.12. The summed E-state index contributed by atoms with van der Waals surface area (Å²) >= 11 is 0. The molecule has 1 aliphatic rings. The summed E-state index contributed by atoms with van der Waals surface area (Å²) in [4.78, 5) is 11.4. The predicted octanol–water partition coefficient (Wildman–Crippen LogP) is 2.50. The van der Waals surface area contributed by atoms with Crippen LogP contribution in [-0.2, 0) is 9.53 Å². The van der Waals surface area contributed by atoms with E-state index in [-0.39, 0.29) is 12.1 Å². The lowest BCUT2D eigenvalue weighted by Crippen LogP contribution is -2.46. The molecule has 0 saturated heterocycles. The van der Waals surface area contributed by atoms with Crippen LogP contribution in [0.3, 0.4) is 0 Å². The number of hydrogen-bond donors (Lipinski definition) is 1. The smallest absolute Gasteiger partial charge is 0.320 e. The Morgan fingerprint density at radius 2 is 2.12 bits per heavy atom. The Morgan fingerprint density at radius 1 is 1.44 bits per heavy atom. The monoisotopic (exact) mass is 227 g/mol. The van der Waals surface area contributed by atoms with Gasteiger partial charge in [0.2, 0.25) is 0 Å². The molecule has 0 aromatic rings. The molecule has 0 radical (unpaired) electrons. The first-order valence-corrected chi connectivity index (χ1v) is 6.34. The second-order valence-corrected chi connectivity index (χ2v) is 5.71. The maximum absolute atomic E-state index is 11.4. The average molecular weight is 227 g/mol. The van der Waals surface area contributed by atoms with Crippen molar-refractivity contribution in [3.8, 4) is 0 Å². The molecule has 1 saturated carbocycles. The van der Waals surface area contributed by atoms with Gasteiger partial charge in [0, 0.05) is 6.04 Å². The Morgan fingerprint density at radius 3 is 2.69 bits per heavy atom. The zero-order valence-corrected chi connectivity index (χ0v) is 11.0. The zero-order chi connectivity index (χ0) is 12.2. The van der Waals surface area contributed by atoms with Crippen LogP contribution in [0.1, 0.15) is 53.4 Å². The number of nitrogens with one attached hydrogen (secondary N) is 1. The van der Waals surface area contributed by atoms with Crippen LogP contribution in [0.25, 0.3) is 0 Å². The molecular formula is C13H25NO2. The van der Waals surface area contributed by atoms with Crippen molar-refractivity contribution in [2.45, 2.75) is 65.5 Å². The number of hydrogen-bond acceptors (Lipinski definition) is 3. The summed E-state index contributed by atoms with van der Waals surface area (Å²) in [6, 6.07) is 0.445. The molecule has 0 aliphatic heterocycles. The van der Waals surface area contributed by atoms with E-state index in [1.165, 1.54) is 25.7 Å². The summed E-state index contributed by atoms with van der Waals surface area (Å²) in [5.74, 6) is -0.142. The van der Waals surface area contributed by atoms with E-state index < -0.39 is 0 Å². The molecule has 1 fully saturated rings. The van der Waals surface area contributed by atoms with Crippen molar-refractivity contribution in [1.82, 2.24) is 5.32 Å². The van der Waals surface area contributed by atoms with E-state index in [4.69, 9.17) is 4.74 Å². The van der Waals surface area contributed by atoms with Crippen LogP contribution in [0.4, 0.5) is 0 Å². The lowest BCUT2D eigenvalue weighted by atomic mass is 9.73. The highest BCUT2D eigenvalue weighted by atomic mass is 16.5. The van der Waals surface area contributed by atoms with E-state index in [0.29, 0.717) is 18.0 Å². The largest absolute Gasteiger partial charge is 0.462 e. The molecule has 3 nitrogen and oxygen atoms in total. The van der Waals surface area contributed by atoms with Gasteiger partial charge in [-0.2, -0.15) is 0 Å². The molecule has 94 valence electrons. The summed E-state index contributed by atoms with van der Waals surface area (Å²) in [5, 5.41) is 3.34. The molecule has 0 bridgehead atoms. The lowest BCUT2D eigenvalue weighted by Gasteiger charge is -2.39. The topological polar surface area (TPSA) is 38.3 Å². The highest BCUT2D eigenvalue weighted by molar-refractivity contribution is 5.71. The summed E-state index contributed by atoms with van der Waals surface area (Å²) in [6.45, 7) is 8.65. The van der Waals surface area contributed by atoms with Gasteiger partial charge in [-0.3, -0.25) is 4.79 Å². The Labute approximate surface area is 98.9 Å².